The van der Waals surface area contributed by atoms with Crippen molar-refractivity contribution in [2.24, 2.45) is 0 Å². The van der Waals surface area contributed by atoms with Crippen LogP contribution in [-0.4, -0.2) is 8.32 Å². The van der Waals surface area contributed by atoms with Gasteiger partial charge in [0.05, 0.1) is 5.76 Å². The van der Waals surface area contributed by atoms with Gasteiger partial charge in [0, 0.05) is 6.42 Å². The quantitative estimate of drug-likeness (QED) is 0.609. The largest absolute Gasteiger partial charge is 0.547 e. The van der Waals surface area contributed by atoms with Gasteiger partial charge in [0.1, 0.15) is 0 Å². The zero-order chi connectivity index (χ0) is 11.1. The van der Waals surface area contributed by atoms with E-state index < -0.39 is 8.32 Å². The van der Waals surface area contributed by atoms with Crippen LogP contribution in [0.25, 0.3) is 0 Å². The molecule has 0 aromatic rings. The Morgan fingerprint density at radius 1 is 1.27 bits per heavy atom. The molecule has 0 unspecified atom stereocenters. The molecule has 1 rings (SSSR count). The molecule has 0 aliphatic heterocycles. The van der Waals surface area contributed by atoms with Gasteiger partial charge in [0.25, 0.3) is 0 Å². The molecule has 0 spiro atoms. The fourth-order valence-corrected chi connectivity index (χ4v) is 4.29. The normalized spacial score (nSPS) is 18.2. The zero-order valence-electron chi connectivity index (χ0n) is 10.6. The molecule has 1 aliphatic carbocycles. The lowest BCUT2D eigenvalue weighted by Gasteiger charge is -2.25. The van der Waals surface area contributed by atoms with Gasteiger partial charge in [-0.25, -0.2) is 0 Å². The van der Waals surface area contributed by atoms with Crippen LogP contribution in [0.2, 0.25) is 19.1 Å². The minimum Gasteiger partial charge on any atom is -0.547 e. The second-order valence-corrected chi connectivity index (χ2v) is 9.46. The van der Waals surface area contributed by atoms with Gasteiger partial charge < -0.3 is 4.43 Å². The van der Waals surface area contributed by atoms with Crippen LogP contribution in [0.5, 0.6) is 0 Å². The van der Waals surface area contributed by atoms with Crippen LogP contribution in [0.4, 0.5) is 0 Å². The van der Waals surface area contributed by atoms with Crippen molar-refractivity contribution in [2.75, 3.05) is 0 Å². The Hall–Kier alpha value is -0.243. The van der Waals surface area contributed by atoms with E-state index in [0.717, 1.165) is 0 Å². The summed E-state index contributed by atoms with van der Waals surface area (Å²) in [5.41, 5.74) is 0. The first kappa shape index (κ1) is 12.8. The predicted octanol–water partition coefficient (Wildman–Crippen LogP) is 4.86. The summed E-state index contributed by atoms with van der Waals surface area (Å²) < 4.78 is 6.26. The molecule has 0 fully saturated rings. The maximum Gasteiger partial charge on any atom is 0.244 e. The number of hydrogen-bond acceptors (Lipinski definition) is 1. The summed E-state index contributed by atoms with van der Waals surface area (Å²) in [6.07, 6.45) is 11.4. The smallest absolute Gasteiger partial charge is 0.244 e. The third-order valence-corrected chi connectivity index (χ3v) is 5.41. The molecule has 0 amide bonds. The second-order valence-electron chi connectivity index (χ2n) is 5.24. The highest BCUT2D eigenvalue weighted by molar-refractivity contribution is 6.71. The average Bonchev–Trinajstić information content (AvgIpc) is 2.43. The topological polar surface area (TPSA) is 9.23 Å². The molecule has 0 N–H and O–H groups in total. The SMILES string of the molecule is CCCC[Si](C)(C)OC1=CCCCCC1. The maximum atomic E-state index is 6.26. The molecular formula is C13H26OSi. The summed E-state index contributed by atoms with van der Waals surface area (Å²) in [7, 11) is -1.40. The van der Waals surface area contributed by atoms with Crippen LogP contribution in [-0.2, 0) is 4.43 Å². The minimum atomic E-state index is -1.40. The van der Waals surface area contributed by atoms with E-state index in [-0.39, 0.29) is 0 Å². The fraction of sp³-hybridized carbons (Fsp3) is 0.846. The molecule has 0 aromatic carbocycles. The van der Waals surface area contributed by atoms with Crippen molar-refractivity contribution in [3.8, 4) is 0 Å². The number of allylic oxidation sites excluding steroid dienone is 2. The lowest BCUT2D eigenvalue weighted by molar-refractivity contribution is 0.388. The first-order chi connectivity index (χ1) is 7.14. The molecule has 0 radical (unpaired) electrons. The van der Waals surface area contributed by atoms with E-state index in [0.29, 0.717) is 0 Å². The maximum absolute atomic E-state index is 6.26. The van der Waals surface area contributed by atoms with Crippen molar-refractivity contribution in [1.82, 2.24) is 0 Å². The summed E-state index contributed by atoms with van der Waals surface area (Å²) in [5, 5.41) is 0. The first-order valence-corrected chi connectivity index (χ1v) is 9.63. The Kier molecular flexibility index (Phi) is 5.44. The molecule has 88 valence electrons. The highest BCUT2D eigenvalue weighted by Gasteiger charge is 2.24. The Bertz CT molecular complexity index is 209. The Labute approximate surface area is 96.0 Å². The third kappa shape index (κ3) is 5.40. The van der Waals surface area contributed by atoms with Crippen molar-refractivity contribution in [3.05, 3.63) is 11.8 Å². The number of unbranched alkanes of at least 4 members (excludes halogenated alkanes) is 1. The van der Waals surface area contributed by atoms with Crippen LogP contribution < -0.4 is 0 Å². The molecule has 0 bridgehead atoms. The highest BCUT2D eigenvalue weighted by Crippen LogP contribution is 2.24. The molecule has 1 nitrogen and oxygen atoms in total. The summed E-state index contributed by atoms with van der Waals surface area (Å²) in [6, 6.07) is 1.31. The first-order valence-electron chi connectivity index (χ1n) is 6.52. The van der Waals surface area contributed by atoms with Crippen LogP contribution in [0.3, 0.4) is 0 Å². The molecule has 15 heavy (non-hydrogen) atoms. The van der Waals surface area contributed by atoms with Crippen molar-refractivity contribution < 1.29 is 4.43 Å². The molecule has 0 heterocycles. The highest BCUT2D eigenvalue weighted by atomic mass is 28.4. The molecule has 0 saturated carbocycles. The molecule has 1 aliphatic rings. The van der Waals surface area contributed by atoms with Crippen molar-refractivity contribution >= 4 is 8.32 Å². The Morgan fingerprint density at radius 2 is 2.07 bits per heavy atom. The predicted molar refractivity (Wildman–Crippen MR) is 69.5 cm³/mol. The average molecular weight is 226 g/mol. The van der Waals surface area contributed by atoms with E-state index in [1.807, 2.05) is 0 Å². The summed E-state index contributed by atoms with van der Waals surface area (Å²) >= 11 is 0. The van der Waals surface area contributed by atoms with Gasteiger partial charge >= 0.3 is 0 Å². The number of rotatable bonds is 5. The summed E-state index contributed by atoms with van der Waals surface area (Å²) in [5.74, 6) is 1.31. The van der Waals surface area contributed by atoms with E-state index in [4.69, 9.17) is 4.43 Å². The van der Waals surface area contributed by atoms with Gasteiger partial charge in [-0.1, -0.05) is 26.2 Å². The second kappa shape index (κ2) is 6.36. The molecule has 0 aromatic heterocycles. The van der Waals surface area contributed by atoms with Crippen LogP contribution in [0.15, 0.2) is 11.8 Å². The third-order valence-electron chi connectivity index (χ3n) is 3.04. The number of hydrogen-bond donors (Lipinski definition) is 0. The van der Waals surface area contributed by atoms with Crippen LogP contribution in [0, 0.1) is 0 Å². The van der Waals surface area contributed by atoms with Crippen molar-refractivity contribution in [1.29, 1.82) is 0 Å². The summed E-state index contributed by atoms with van der Waals surface area (Å²) in [4.78, 5) is 0. The van der Waals surface area contributed by atoms with Gasteiger partial charge in [-0.2, -0.15) is 0 Å². The van der Waals surface area contributed by atoms with Crippen molar-refractivity contribution in [2.45, 2.75) is 71.0 Å². The molecule has 2 heteroatoms. The van der Waals surface area contributed by atoms with Gasteiger partial charge in [0.15, 0.2) is 0 Å². The zero-order valence-corrected chi connectivity index (χ0v) is 11.6. The van der Waals surface area contributed by atoms with E-state index in [9.17, 15) is 0 Å². The monoisotopic (exact) mass is 226 g/mol. The van der Waals surface area contributed by atoms with E-state index in [2.05, 4.69) is 26.1 Å². The van der Waals surface area contributed by atoms with Gasteiger partial charge in [-0.15, -0.1) is 0 Å². The minimum absolute atomic E-state index is 1.18. The standard InChI is InChI=1S/C13H26OSi/c1-4-5-12-15(2,3)14-13-10-8-6-7-9-11-13/h10H,4-9,11-12H2,1-3H3. The van der Waals surface area contributed by atoms with Gasteiger partial charge in [-0.05, 0) is 44.5 Å². The van der Waals surface area contributed by atoms with Crippen LogP contribution in [0.1, 0.15) is 51.9 Å². The lowest BCUT2D eigenvalue weighted by Crippen LogP contribution is -2.29. The van der Waals surface area contributed by atoms with Crippen molar-refractivity contribution in [3.63, 3.8) is 0 Å². The fourth-order valence-electron chi connectivity index (χ4n) is 2.09. The van der Waals surface area contributed by atoms with E-state index in [1.54, 1.807) is 0 Å². The summed E-state index contributed by atoms with van der Waals surface area (Å²) in [6.45, 7) is 6.97. The van der Waals surface area contributed by atoms with Crippen LogP contribution >= 0.6 is 0 Å². The molecule has 0 saturated heterocycles. The Morgan fingerprint density at radius 3 is 2.80 bits per heavy atom. The van der Waals surface area contributed by atoms with Gasteiger partial charge in [-0.3, -0.25) is 0 Å². The van der Waals surface area contributed by atoms with Gasteiger partial charge in [0.2, 0.25) is 8.32 Å². The molecular weight excluding hydrogens is 200 g/mol. The Balaban J connectivity index is 2.40. The lowest BCUT2D eigenvalue weighted by atomic mass is 10.2. The molecule has 0 atom stereocenters. The van der Waals surface area contributed by atoms with E-state index in [1.165, 1.54) is 56.7 Å². The van der Waals surface area contributed by atoms with E-state index >= 15 is 0 Å².